The van der Waals surface area contributed by atoms with Crippen molar-refractivity contribution >= 4 is 42.9 Å². The summed E-state index contributed by atoms with van der Waals surface area (Å²) in [4.78, 5) is 0. The summed E-state index contributed by atoms with van der Waals surface area (Å²) in [6, 6.07) is 0. The third kappa shape index (κ3) is 2.76. The topological polar surface area (TPSA) is 37.4 Å². The lowest BCUT2D eigenvalue weighted by Crippen LogP contribution is -2.36. The van der Waals surface area contributed by atoms with Gasteiger partial charge in [-0.3, -0.25) is 6.14 Å². The average molecular weight is 399 g/mol. The molecule has 0 spiro atoms. The van der Waals surface area contributed by atoms with Gasteiger partial charge in [0.25, 0.3) is 42.9 Å². The van der Waals surface area contributed by atoms with Gasteiger partial charge in [-0.1, -0.05) is 20.8 Å². The van der Waals surface area contributed by atoms with Gasteiger partial charge in [0, 0.05) is 5.54 Å². The van der Waals surface area contributed by atoms with E-state index in [-0.39, 0.29) is 5.54 Å². The second kappa shape index (κ2) is 6.47. The summed E-state index contributed by atoms with van der Waals surface area (Å²) >= 11 is -2.50. The van der Waals surface area contributed by atoms with E-state index in [1.807, 2.05) is 0 Å². The highest BCUT2D eigenvalue weighted by molar-refractivity contribution is 14.2. The Bertz CT molecular complexity index is 143. The van der Waals surface area contributed by atoms with Gasteiger partial charge in [-0.25, -0.2) is 0 Å². The van der Waals surface area contributed by atoms with Crippen molar-refractivity contribution in [3.63, 3.8) is 0 Å². The van der Waals surface area contributed by atoms with Gasteiger partial charge in [0.05, 0.1) is 0 Å². The maximum Gasteiger partial charge on any atom is 0.252 e. The van der Waals surface area contributed by atoms with Gasteiger partial charge in [-0.15, -0.1) is 1.33 Å². The van der Waals surface area contributed by atoms with E-state index in [1.165, 1.54) is 0 Å². The Morgan fingerprint density at radius 2 is 1.33 bits per heavy atom. The predicted octanol–water partition coefficient (Wildman–Crippen LogP) is 3.72. The molecule has 12 heavy (non-hydrogen) atoms. The van der Waals surface area contributed by atoms with Crippen molar-refractivity contribution in [2.45, 2.75) is 45.6 Å². The van der Waals surface area contributed by atoms with E-state index < -0.39 is 42.9 Å². The molecule has 0 amide bonds. The summed E-state index contributed by atoms with van der Waals surface area (Å²) in [6.07, 6.45) is 2.80. The minimum atomic E-state index is -1.25. The van der Waals surface area contributed by atoms with Crippen LogP contribution < -0.4 is 0 Å². The van der Waals surface area contributed by atoms with Gasteiger partial charge >= 0.3 is 0 Å². The monoisotopic (exact) mass is 399 g/mol. The molecule has 0 saturated carbocycles. The molecule has 0 rings (SSSR count). The molecule has 0 unspecified atom stereocenters. The van der Waals surface area contributed by atoms with Crippen molar-refractivity contribution in [3.05, 3.63) is 0 Å². The summed E-state index contributed by atoms with van der Waals surface area (Å²) < 4.78 is 23.4. The Morgan fingerprint density at radius 1 is 1.00 bits per heavy atom. The van der Waals surface area contributed by atoms with Crippen LogP contribution in [-0.4, -0.2) is 6.87 Å². The normalized spacial score (nSPS) is 12.3. The molecule has 0 aliphatic carbocycles. The molecule has 5 heteroatoms. The van der Waals surface area contributed by atoms with Crippen LogP contribution in [0.3, 0.4) is 0 Å². The number of halogens is 2. The fourth-order valence-corrected chi connectivity index (χ4v) is 4.62. The van der Waals surface area contributed by atoms with Crippen LogP contribution in [0.2, 0.25) is 0 Å². The fraction of sp³-hybridized carbons (Fsp3) is 1.00. The first kappa shape index (κ1) is 13.0. The SMILES string of the molecule is CCC(CC)(CC)N(I=O)I=O. The molecule has 3 nitrogen and oxygen atoms in total. The molecule has 0 aromatic carbocycles. The van der Waals surface area contributed by atoms with Gasteiger partial charge in [0.2, 0.25) is 0 Å². The van der Waals surface area contributed by atoms with Gasteiger partial charge in [0.1, 0.15) is 0 Å². The number of nitrogens with zero attached hydrogens (tertiary/aromatic N) is 1. The number of rotatable bonds is 6. The van der Waals surface area contributed by atoms with Crippen LogP contribution in [0.4, 0.5) is 0 Å². The lowest BCUT2D eigenvalue weighted by Gasteiger charge is -2.32. The Kier molecular flexibility index (Phi) is 7.02. The lowest BCUT2D eigenvalue weighted by molar-refractivity contribution is 0.298. The van der Waals surface area contributed by atoms with E-state index in [1.54, 1.807) is 1.33 Å². The summed E-state index contributed by atoms with van der Waals surface area (Å²) in [6.45, 7) is 6.20. The van der Waals surface area contributed by atoms with Crippen molar-refractivity contribution in [1.29, 1.82) is 0 Å². The number of hydrogen-bond acceptors (Lipinski definition) is 2. The van der Waals surface area contributed by atoms with Crippen molar-refractivity contribution < 1.29 is 6.14 Å². The zero-order valence-corrected chi connectivity index (χ0v) is 12.0. The standard InChI is InChI=1S/C7H15I2NO2/c1-4-7(5-2,6-3)10(8-11)9-12/h4-6H2,1-3H3. The molecule has 0 aliphatic heterocycles. The summed E-state index contributed by atoms with van der Waals surface area (Å²) in [5, 5.41) is 0. The Balaban J connectivity index is 4.64. The zero-order chi connectivity index (χ0) is 9.61. The van der Waals surface area contributed by atoms with Crippen LogP contribution in [0, 0.1) is 0 Å². The maximum atomic E-state index is 10.8. The molecule has 74 valence electrons. The number of hydrogen-bond donors (Lipinski definition) is 0. The smallest absolute Gasteiger partial charge is 0.251 e. The van der Waals surface area contributed by atoms with E-state index in [0.717, 1.165) is 19.3 Å². The molecular weight excluding hydrogens is 384 g/mol. The van der Waals surface area contributed by atoms with E-state index in [2.05, 4.69) is 20.8 Å². The van der Waals surface area contributed by atoms with Crippen LogP contribution in [0.5, 0.6) is 0 Å². The first-order chi connectivity index (χ1) is 5.70. The van der Waals surface area contributed by atoms with Crippen molar-refractivity contribution in [2.75, 3.05) is 0 Å². The second-order valence-corrected chi connectivity index (χ2v) is 7.22. The molecule has 0 aromatic heterocycles. The Hall–Kier alpha value is 1.02. The maximum absolute atomic E-state index is 10.8. The Labute approximate surface area is 95.3 Å². The van der Waals surface area contributed by atoms with Crippen molar-refractivity contribution in [1.82, 2.24) is 1.33 Å². The van der Waals surface area contributed by atoms with E-state index >= 15 is 0 Å². The van der Waals surface area contributed by atoms with E-state index in [9.17, 15) is 6.14 Å². The molecule has 0 radical (unpaired) electrons. The van der Waals surface area contributed by atoms with Crippen molar-refractivity contribution in [3.8, 4) is 0 Å². The van der Waals surface area contributed by atoms with Gasteiger partial charge in [-0.2, -0.15) is 0 Å². The largest absolute Gasteiger partial charge is 0.252 e. The van der Waals surface area contributed by atoms with Gasteiger partial charge in [-0.05, 0) is 19.3 Å². The van der Waals surface area contributed by atoms with Crippen LogP contribution in [-0.2, 0) is 6.14 Å². The highest BCUT2D eigenvalue weighted by atomic mass is 127. The van der Waals surface area contributed by atoms with Crippen LogP contribution in [0.15, 0.2) is 0 Å². The first-order valence-corrected chi connectivity index (χ1v) is 7.74. The third-order valence-corrected chi connectivity index (χ3v) is 7.19. The zero-order valence-electron chi connectivity index (χ0n) is 7.64. The third-order valence-electron chi connectivity index (χ3n) is 2.45. The molecule has 0 aromatic rings. The van der Waals surface area contributed by atoms with Gasteiger partial charge in [0.15, 0.2) is 0 Å². The molecule has 0 bridgehead atoms. The molecule has 0 fully saturated rings. The average Bonchev–Trinajstić information content (AvgIpc) is 2.14. The highest BCUT2D eigenvalue weighted by Crippen LogP contribution is 2.38. The molecule has 0 N–H and O–H groups in total. The Morgan fingerprint density at radius 3 is 1.42 bits per heavy atom. The van der Waals surface area contributed by atoms with Crippen LogP contribution >= 0.6 is 42.9 Å². The molecule has 0 atom stereocenters. The van der Waals surface area contributed by atoms with Crippen molar-refractivity contribution in [2.24, 2.45) is 0 Å². The first-order valence-electron chi connectivity index (χ1n) is 4.05. The lowest BCUT2D eigenvalue weighted by atomic mass is 9.92. The van der Waals surface area contributed by atoms with Crippen LogP contribution in [0.25, 0.3) is 0 Å². The molecular formula is C7H15I2NO2. The summed E-state index contributed by atoms with van der Waals surface area (Å²) in [5.41, 5.74) is -0.0515. The van der Waals surface area contributed by atoms with Gasteiger partial charge < -0.3 is 0 Å². The minimum Gasteiger partial charge on any atom is -0.251 e. The van der Waals surface area contributed by atoms with E-state index in [4.69, 9.17) is 0 Å². The minimum absolute atomic E-state index is 0.0515. The summed E-state index contributed by atoms with van der Waals surface area (Å²) in [5.74, 6) is 0. The second-order valence-electron chi connectivity index (χ2n) is 2.66. The predicted molar refractivity (Wildman–Crippen MR) is 64.9 cm³/mol. The molecule has 0 heterocycles. The quantitative estimate of drug-likeness (QED) is 0.505. The molecule has 0 saturated heterocycles. The fourth-order valence-electron chi connectivity index (χ4n) is 1.27. The highest BCUT2D eigenvalue weighted by Gasteiger charge is 2.33. The van der Waals surface area contributed by atoms with E-state index in [0.29, 0.717) is 0 Å². The molecule has 0 aliphatic rings. The summed E-state index contributed by atoms with van der Waals surface area (Å²) in [7, 11) is 0. The van der Waals surface area contributed by atoms with Crippen LogP contribution in [0.1, 0.15) is 40.0 Å².